The second-order valence-electron chi connectivity index (χ2n) is 3.14. The molecule has 18 heavy (non-hydrogen) atoms. The van der Waals surface area contributed by atoms with Gasteiger partial charge in [0.1, 0.15) is 6.61 Å². The van der Waals surface area contributed by atoms with Crippen LogP contribution in [0.25, 0.3) is 0 Å². The summed E-state index contributed by atoms with van der Waals surface area (Å²) in [4.78, 5) is 32.1. The van der Waals surface area contributed by atoms with Crippen molar-refractivity contribution in [3.05, 3.63) is 25.3 Å². The molecular weight excluding hydrogens is 242 g/mol. The molecule has 0 radical (unpaired) electrons. The zero-order valence-electron chi connectivity index (χ0n) is 9.76. The number of ether oxygens (including phenoxy) is 2. The molecule has 1 amide bonds. The van der Waals surface area contributed by atoms with E-state index >= 15 is 0 Å². The Morgan fingerprint density at radius 2 is 1.72 bits per heavy atom. The zero-order valence-corrected chi connectivity index (χ0v) is 9.76. The maximum Gasteiger partial charge on any atom is 0.404 e. The van der Waals surface area contributed by atoms with E-state index < -0.39 is 24.1 Å². The van der Waals surface area contributed by atoms with E-state index in [1.807, 2.05) is 0 Å². The number of rotatable bonds is 8. The maximum atomic E-state index is 10.8. The highest BCUT2D eigenvalue weighted by atomic mass is 16.5. The molecule has 0 aliphatic rings. The molecule has 0 spiro atoms. The molecule has 0 saturated carbocycles. The molecule has 100 valence electrons. The molecular formula is C11H15NO6. The number of esters is 2. The van der Waals surface area contributed by atoms with Crippen molar-refractivity contribution in [2.24, 2.45) is 0 Å². The van der Waals surface area contributed by atoms with Gasteiger partial charge in [-0.1, -0.05) is 13.2 Å². The molecule has 1 unspecified atom stereocenters. The van der Waals surface area contributed by atoms with E-state index in [1.54, 1.807) is 0 Å². The van der Waals surface area contributed by atoms with Crippen LogP contribution in [0.5, 0.6) is 0 Å². The Kier molecular flexibility index (Phi) is 7.67. The minimum atomic E-state index is -1.26. The van der Waals surface area contributed by atoms with E-state index in [-0.39, 0.29) is 19.6 Å². The fourth-order valence-corrected chi connectivity index (χ4v) is 0.974. The number of carbonyl (C=O) groups excluding carboxylic acids is 2. The third-order valence-electron chi connectivity index (χ3n) is 1.80. The Morgan fingerprint density at radius 3 is 2.22 bits per heavy atom. The van der Waals surface area contributed by atoms with Crippen molar-refractivity contribution in [3.8, 4) is 0 Å². The lowest BCUT2D eigenvalue weighted by Crippen LogP contribution is -2.38. The quantitative estimate of drug-likeness (QED) is 0.484. The Hall–Kier alpha value is -2.31. The Balaban J connectivity index is 4.09. The molecule has 7 nitrogen and oxygen atoms in total. The fraction of sp³-hybridized carbons (Fsp3) is 0.364. The lowest BCUT2D eigenvalue weighted by molar-refractivity contribution is -0.140. The summed E-state index contributed by atoms with van der Waals surface area (Å²) >= 11 is 0. The van der Waals surface area contributed by atoms with Crippen LogP contribution in [0.2, 0.25) is 0 Å². The standard InChI is InChI=1S/C11H15NO6/c1-3-9(13)17-6-5-8(12-11(15)16)7-18-10(14)4-2/h3-4,8,12H,1-2,5-7H2,(H,15,16). The van der Waals surface area contributed by atoms with Gasteiger partial charge in [-0.2, -0.15) is 0 Å². The van der Waals surface area contributed by atoms with Crippen LogP contribution in [0.15, 0.2) is 25.3 Å². The van der Waals surface area contributed by atoms with E-state index in [0.717, 1.165) is 12.2 Å². The van der Waals surface area contributed by atoms with E-state index in [4.69, 9.17) is 9.84 Å². The van der Waals surface area contributed by atoms with Crippen molar-refractivity contribution in [1.82, 2.24) is 5.32 Å². The van der Waals surface area contributed by atoms with E-state index in [1.165, 1.54) is 0 Å². The first-order valence-electron chi connectivity index (χ1n) is 5.07. The highest BCUT2D eigenvalue weighted by molar-refractivity contribution is 5.81. The van der Waals surface area contributed by atoms with Gasteiger partial charge < -0.3 is 19.9 Å². The molecule has 0 aromatic rings. The molecule has 0 aliphatic carbocycles. The predicted molar refractivity (Wildman–Crippen MR) is 61.9 cm³/mol. The summed E-state index contributed by atoms with van der Waals surface area (Å²) in [6.07, 6.45) is 0.883. The summed E-state index contributed by atoms with van der Waals surface area (Å²) in [5.41, 5.74) is 0. The van der Waals surface area contributed by atoms with Crippen LogP contribution in [-0.2, 0) is 19.1 Å². The van der Waals surface area contributed by atoms with Crippen molar-refractivity contribution in [2.45, 2.75) is 12.5 Å². The second-order valence-corrected chi connectivity index (χ2v) is 3.14. The normalized spacial score (nSPS) is 10.9. The van der Waals surface area contributed by atoms with Crippen LogP contribution in [-0.4, -0.2) is 42.4 Å². The number of carboxylic acid groups (broad SMARTS) is 1. The lowest BCUT2D eigenvalue weighted by Gasteiger charge is -2.16. The van der Waals surface area contributed by atoms with Gasteiger partial charge in [0.2, 0.25) is 0 Å². The fourth-order valence-electron chi connectivity index (χ4n) is 0.974. The van der Waals surface area contributed by atoms with Gasteiger partial charge in [-0.15, -0.1) is 0 Å². The largest absolute Gasteiger partial charge is 0.465 e. The number of nitrogens with one attached hydrogen (secondary N) is 1. The van der Waals surface area contributed by atoms with E-state index in [2.05, 4.69) is 23.2 Å². The number of hydrogen-bond acceptors (Lipinski definition) is 5. The average molecular weight is 257 g/mol. The van der Waals surface area contributed by atoms with Crippen LogP contribution in [0.4, 0.5) is 4.79 Å². The van der Waals surface area contributed by atoms with Gasteiger partial charge >= 0.3 is 18.0 Å². The summed E-state index contributed by atoms with van der Waals surface area (Å²) in [5.74, 6) is -1.26. The Bertz CT molecular complexity index is 338. The summed E-state index contributed by atoms with van der Waals surface area (Å²) in [5, 5.41) is 10.7. The highest BCUT2D eigenvalue weighted by Crippen LogP contribution is 1.96. The van der Waals surface area contributed by atoms with Crippen molar-refractivity contribution in [1.29, 1.82) is 0 Å². The molecule has 7 heteroatoms. The van der Waals surface area contributed by atoms with Gasteiger partial charge in [0.15, 0.2) is 0 Å². The van der Waals surface area contributed by atoms with Crippen LogP contribution in [0.1, 0.15) is 6.42 Å². The summed E-state index contributed by atoms with van der Waals surface area (Å²) in [6.45, 7) is 6.24. The molecule has 0 heterocycles. The molecule has 0 rings (SSSR count). The maximum absolute atomic E-state index is 10.8. The minimum Gasteiger partial charge on any atom is -0.465 e. The van der Waals surface area contributed by atoms with Crippen molar-refractivity contribution in [2.75, 3.05) is 13.2 Å². The topological polar surface area (TPSA) is 102 Å². The van der Waals surface area contributed by atoms with Gasteiger partial charge in [0.05, 0.1) is 12.6 Å². The third-order valence-corrected chi connectivity index (χ3v) is 1.80. The minimum absolute atomic E-state index is 0.0125. The average Bonchev–Trinajstić information content (AvgIpc) is 2.34. The molecule has 1 atom stereocenters. The summed E-state index contributed by atoms with van der Waals surface area (Å²) < 4.78 is 9.38. The smallest absolute Gasteiger partial charge is 0.404 e. The Labute approximate surface area is 104 Å². The zero-order chi connectivity index (χ0) is 14.0. The third kappa shape index (κ3) is 7.91. The van der Waals surface area contributed by atoms with Gasteiger partial charge in [0.25, 0.3) is 0 Å². The van der Waals surface area contributed by atoms with Gasteiger partial charge in [0, 0.05) is 18.6 Å². The predicted octanol–water partition coefficient (Wildman–Crippen LogP) is 0.471. The molecule has 0 saturated heterocycles. The summed E-state index contributed by atoms with van der Waals surface area (Å²) in [7, 11) is 0. The van der Waals surface area contributed by atoms with Crippen molar-refractivity contribution >= 4 is 18.0 Å². The van der Waals surface area contributed by atoms with Crippen LogP contribution < -0.4 is 5.32 Å². The first kappa shape index (κ1) is 15.7. The molecule has 0 aromatic carbocycles. The second kappa shape index (κ2) is 8.80. The van der Waals surface area contributed by atoms with Crippen LogP contribution >= 0.6 is 0 Å². The molecule has 0 bridgehead atoms. The first-order chi connectivity index (χ1) is 8.49. The number of carbonyl (C=O) groups is 3. The molecule has 0 aromatic heterocycles. The van der Waals surface area contributed by atoms with Gasteiger partial charge in [-0.05, 0) is 0 Å². The van der Waals surface area contributed by atoms with Gasteiger partial charge in [-0.3, -0.25) is 0 Å². The van der Waals surface area contributed by atoms with Gasteiger partial charge in [-0.25, -0.2) is 14.4 Å². The lowest BCUT2D eigenvalue weighted by atomic mass is 10.2. The van der Waals surface area contributed by atoms with E-state index in [9.17, 15) is 14.4 Å². The number of amides is 1. The van der Waals surface area contributed by atoms with E-state index in [0.29, 0.717) is 0 Å². The Morgan fingerprint density at radius 1 is 1.17 bits per heavy atom. The number of hydrogen-bond donors (Lipinski definition) is 2. The van der Waals surface area contributed by atoms with Crippen LogP contribution in [0, 0.1) is 0 Å². The van der Waals surface area contributed by atoms with Crippen molar-refractivity contribution in [3.63, 3.8) is 0 Å². The summed E-state index contributed by atoms with van der Waals surface area (Å²) in [6, 6.07) is -0.663. The van der Waals surface area contributed by atoms with Crippen LogP contribution in [0.3, 0.4) is 0 Å². The molecule has 2 N–H and O–H groups in total. The first-order valence-corrected chi connectivity index (χ1v) is 5.07. The monoisotopic (exact) mass is 257 g/mol. The SMILES string of the molecule is C=CC(=O)OCCC(COC(=O)C=C)NC(=O)O. The molecule has 0 fully saturated rings. The van der Waals surface area contributed by atoms with Crippen molar-refractivity contribution < 1.29 is 29.0 Å². The molecule has 0 aliphatic heterocycles. The highest BCUT2D eigenvalue weighted by Gasteiger charge is 2.14.